The van der Waals surface area contributed by atoms with Gasteiger partial charge in [0.25, 0.3) is 10.0 Å². The third-order valence-electron chi connectivity index (χ3n) is 5.29. The normalized spacial score (nSPS) is 11.9. The van der Waals surface area contributed by atoms with Crippen molar-refractivity contribution in [3.63, 3.8) is 0 Å². The third kappa shape index (κ3) is 6.17. The Labute approximate surface area is 205 Å². The number of para-hydroxylation sites is 1. The molecule has 9 heteroatoms. The molecule has 0 fully saturated rings. The van der Waals surface area contributed by atoms with Crippen molar-refractivity contribution in [2.75, 3.05) is 4.72 Å². The van der Waals surface area contributed by atoms with Crippen LogP contribution >= 0.6 is 11.3 Å². The first-order valence-electron chi connectivity index (χ1n) is 10.5. The Balaban J connectivity index is 1.63. The largest absolute Gasteiger partial charge is 0.416 e. The predicted octanol–water partition coefficient (Wildman–Crippen LogP) is 6.59. The molecule has 0 spiro atoms. The number of hydrogen-bond donors (Lipinski definition) is 1. The second-order valence-corrected chi connectivity index (χ2v) is 10.4. The Kier molecular flexibility index (Phi) is 7.09. The van der Waals surface area contributed by atoms with E-state index in [0.29, 0.717) is 16.8 Å². The van der Waals surface area contributed by atoms with Gasteiger partial charge < -0.3 is 0 Å². The van der Waals surface area contributed by atoms with E-state index in [1.54, 1.807) is 36.4 Å². The molecule has 0 aliphatic carbocycles. The molecule has 1 N–H and O–H groups in total. The third-order valence-corrected chi connectivity index (χ3v) is 7.35. The van der Waals surface area contributed by atoms with Gasteiger partial charge in [-0.05, 0) is 69.4 Å². The van der Waals surface area contributed by atoms with Gasteiger partial charge in [0.2, 0.25) is 0 Å². The number of sulfonamides is 1. The van der Waals surface area contributed by atoms with Crippen molar-refractivity contribution in [1.82, 2.24) is 0 Å². The van der Waals surface area contributed by atoms with Gasteiger partial charge in [0.15, 0.2) is 0 Å². The number of ketones is 1. The first-order valence-corrected chi connectivity index (χ1v) is 13.0. The molecule has 1 heterocycles. The maximum atomic E-state index is 13.0. The van der Waals surface area contributed by atoms with Crippen LogP contribution in [0.4, 0.5) is 18.9 Å². The second kappa shape index (κ2) is 10.1. The highest BCUT2D eigenvalue weighted by molar-refractivity contribution is 7.92. The van der Waals surface area contributed by atoms with E-state index < -0.39 is 21.8 Å². The molecule has 1 aromatic heterocycles. The number of carbonyl (C=O) groups is 1. The van der Waals surface area contributed by atoms with Crippen LogP contribution < -0.4 is 4.72 Å². The number of halogens is 3. The zero-order valence-electron chi connectivity index (χ0n) is 18.2. The van der Waals surface area contributed by atoms with Crippen molar-refractivity contribution in [1.29, 1.82) is 0 Å². The molecule has 4 nitrogen and oxygen atoms in total. The van der Waals surface area contributed by atoms with Crippen LogP contribution in [-0.4, -0.2) is 14.2 Å². The lowest BCUT2D eigenvalue weighted by molar-refractivity contribution is -0.137. The minimum Gasteiger partial charge on any atom is -0.299 e. The highest BCUT2D eigenvalue weighted by atomic mass is 32.2. The Morgan fingerprint density at radius 3 is 2.34 bits per heavy atom. The highest BCUT2D eigenvalue weighted by Crippen LogP contribution is 2.31. The predicted molar refractivity (Wildman–Crippen MR) is 131 cm³/mol. The van der Waals surface area contributed by atoms with Crippen LogP contribution in [0.5, 0.6) is 0 Å². The smallest absolute Gasteiger partial charge is 0.299 e. The van der Waals surface area contributed by atoms with E-state index >= 15 is 0 Å². The van der Waals surface area contributed by atoms with E-state index in [4.69, 9.17) is 0 Å². The fraction of sp³-hybridized carbons (Fsp3) is 0.115. The Hall–Kier alpha value is -3.43. The van der Waals surface area contributed by atoms with E-state index in [9.17, 15) is 26.4 Å². The minimum atomic E-state index is -4.50. The van der Waals surface area contributed by atoms with Crippen molar-refractivity contribution in [3.8, 4) is 11.1 Å². The number of nitrogens with one attached hydrogen (secondary N) is 1. The van der Waals surface area contributed by atoms with E-state index in [1.807, 2.05) is 16.8 Å². The van der Waals surface area contributed by atoms with Crippen molar-refractivity contribution in [2.24, 2.45) is 0 Å². The average Bonchev–Trinajstić information content (AvgIpc) is 3.34. The number of carbonyl (C=O) groups excluding carboxylic acids is 1. The van der Waals surface area contributed by atoms with Crippen molar-refractivity contribution < 1.29 is 26.4 Å². The van der Waals surface area contributed by atoms with Gasteiger partial charge in [-0.1, -0.05) is 42.5 Å². The number of hydrogen-bond acceptors (Lipinski definition) is 4. The van der Waals surface area contributed by atoms with E-state index in [2.05, 4.69) is 4.72 Å². The average molecular weight is 516 g/mol. The summed E-state index contributed by atoms with van der Waals surface area (Å²) in [5, 5.41) is 3.75. The van der Waals surface area contributed by atoms with Gasteiger partial charge in [0.1, 0.15) is 5.78 Å². The van der Waals surface area contributed by atoms with Crippen LogP contribution in [0.15, 0.2) is 94.5 Å². The molecule has 0 radical (unpaired) electrons. The number of alkyl halides is 3. The van der Waals surface area contributed by atoms with E-state index in [-0.39, 0.29) is 29.1 Å². The Morgan fingerprint density at radius 2 is 1.66 bits per heavy atom. The molecule has 0 unspecified atom stereocenters. The number of benzene rings is 3. The Bertz CT molecular complexity index is 1430. The first kappa shape index (κ1) is 24.7. The Morgan fingerprint density at radius 1 is 0.886 bits per heavy atom. The lowest BCUT2D eigenvalue weighted by atomic mass is 9.95. The summed E-state index contributed by atoms with van der Waals surface area (Å²) in [5.74, 6) is -0.327. The SMILES string of the molecule is O=C(Cc1cccc(C(F)(F)F)c1)Cc1cc(S(=O)(=O)Nc2ccccc2)ccc1-c1ccsc1. The van der Waals surface area contributed by atoms with Crippen LogP contribution in [0.3, 0.4) is 0 Å². The highest BCUT2D eigenvalue weighted by Gasteiger charge is 2.30. The number of rotatable bonds is 8. The molecule has 4 rings (SSSR count). The van der Waals surface area contributed by atoms with Gasteiger partial charge in [0, 0.05) is 18.5 Å². The summed E-state index contributed by atoms with van der Waals surface area (Å²) in [6.07, 6.45) is -4.83. The number of thiophene rings is 1. The molecule has 3 aromatic carbocycles. The van der Waals surface area contributed by atoms with Gasteiger partial charge in [-0.3, -0.25) is 9.52 Å². The van der Waals surface area contributed by atoms with Crippen LogP contribution in [-0.2, 0) is 33.8 Å². The summed E-state index contributed by atoms with van der Waals surface area (Å²) in [7, 11) is -3.92. The van der Waals surface area contributed by atoms with Gasteiger partial charge >= 0.3 is 6.18 Å². The van der Waals surface area contributed by atoms with Crippen molar-refractivity contribution >= 4 is 32.8 Å². The van der Waals surface area contributed by atoms with Crippen LogP contribution in [0.25, 0.3) is 11.1 Å². The van der Waals surface area contributed by atoms with Gasteiger partial charge in [-0.25, -0.2) is 8.42 Å². The quantitative estimate of drug-likeness (QED) is 0.288. The van der Waals surface area contributed by atoms with Gasteiger partial charge in [-0.2, -0.15) is 24.5 Å². The maximum absolute atomic E-state index is 13.0. The first-order chi connectivity index (χ1) is 16.6. The molecular formula is C26H20F3NO3S2. The summed E-state index contributed by atoms with van der Waals surface area (Å²) < 4.78 is 67.5. The molecule has 0 bridgehead atoms. The van der Waals surface area contributed by atoms with Crippen LogP contribution in [0.1, 0.15) is 16.7 Å². The molecule has 0 saturated carbocycles. The number of anilines is 1. The molecule has 0 aliphatic heterocycles. The lowest BCUT2D eigenvalue weighted by Gasteiger charge is -2.13. The van der Waals surface area contributed by atoms with Crippen LogP contribution in [0.2, 0.25) is 0 Å². The molecule has 0 aliphatic rings. The maximum Gasteiger partial charge on any atom is 0.416 e. The topological polar surface area (TPSA) is 63.2 Å². The molecule has 180 valence electrons. The zero-order chi connectivity index (χ0) is 25.1. The summed E-state index contributed by atoms with van der Waals surface area (Å²) >= 11 is 1.46. The standard InChI is InChI=1S/C26H20F3NO3S2/c27-26(28,29)21-6-4-5-18(13-21)14-23(31)15-20-16-24(9-10-25(20)19-11-12-34-17-19)35(32,33)30-22-7-2-1-3-8-22/h1-13,16-17,30H,14-15H2. The summed E-state index contributed by atoms with van der Waals surface area (Å²) in [6.45, 7) is 0. The van der Waals surface area contributed by atoms with E-state index in [0.717, 1.165) is 17.7 Å². The molecule has 0 atom stereocenters. The van der Waals surface area contributed by atoms with Gasteiger partial charge in [-0.15, -0.1) is 0 Å². The fourth-order valence-corrected chi connectivity index (χ4v) is 5.43. The summed E-state index contributed by atoms with van der Waals surface area (Å²) in [5.41, 5.74) is 1.84. The molecule has 35 heavy (non-hydrogen) atoms. The summed E-state index contributed by atoms with van der Waals surface area (Å²) in [6, 6.07) is 19.5. The van der Waals surface area contributed by atoms with Crippen molar-refractivity contribution in [3.05, 3.63) is 106 Å². The molecule has 0 amide bonds. The zero-order valence-corrected chi connectivity index (χ0v) is 19.9. The van der Waals surface area contributed by atoms with Crippen molar-refractivity contribution in [2.45, 2.75) is 23.9 Å². The van der Waals surface area contributed by atoms with Crippen LogP contribution in [0, 0.1) is 0 Å². The lowest BCUT2D eigenvalue weighted by Crippen LogP contribution is -2.14. The molecular weight excluding hydrogens is 495 g/mol. The second-order valence-electron chi connectivity index (χ2n) is 7.89. The van der Waals surface area contributed by atoms with E-state index in [1.165, 1.54) is 35.6 Å². The van der Waals surface area contributed by atoms with Gasteiger partial charge in [0.05, 0.1) is 10.5 Å². The minimum absolute atomic E-state index is 0.0119. The molecule has 4 aromatic rings. The summed E-state index contributed by atoms with van der Waals surface area (Å²) in [4.78, 5) is 12.9. The fourth-order valence-electron chi connectivity index (χ4n) is 3.66. The number of Topliss-reactive ketones (excluding diaryl/α,β-unsaturated/α-hetero) is 1. The molecule has 0 saturated heterocycles. The monoisotopic (exact) mass is 515 g/mol.